The molecule has 1 aliphatic rings. The van der Waals surface area contributed by atoms with Gasteiger partial charge in [0.05, 0.1) is 0 Å². The van der Waals surface area contributed by atoms with Crippen LogP contribution in [0.4, 0.5) is 5.82 Å². The molecule has 1 aromatic rings. The fourth-order valence-corrected chi connectivity index (χ4v) is 1.21. The Kier molecular flexibility index (Phi) is 1.69. The molecule has 0 aromatic carbocycles. The molecule has 12 heavy (non-hydrogen) atoms. The molecule has 0 saturated carbocycles. The van der Waals surface area contributed by atoms with Gasteiger partial charge in [-0.1, -0.05) is 0 Å². The average Bonchev–Trinajstić information content (AvgIpc) is 2.46. The zero-order valence-electron chi connectivity index (χ0n) is 6.51. The van der Waals surface area contributed by atoms with Gasteiger partial charge in [0.1, 0.15) is 0 Å². The van der Waals surface area contributed by atoms with Crippen molar-refractivity contribution in [2.45, 2.75) is 6.10 Å². The Morgan fingerprint density at radius 3 is 2.92 bits per heavy atom. The van der Waals surface area contributed by atoms with Crippen LogP contribution in [0.1, 0.15) is 0 Å². The number of aromatic nitrogens is 2. The number of aliphatic hydroxyl groups is 1. The monoisotopic (exact) mass is 164 g/mol. The molecule has 1 fully saturated rings. The topological polar surface area (TPSA) is 65.1 Å². The zero-order valence-corrected chi connectivity index (χ0v) is 6.51. The fourth-order valence-electron chi connectivity index (χ4n) is 1.21. The summed E-state index contributed by atoms with van der Waals surface area (Å²) in [5, 5.41) is 20.0. The molecule has 2 N–H and O–H groups in total. The van der Waals surface area contributed by atoms with E-state index in [1.807, 2.05) is 11.0 Å². The van der Waals surface area contributed by atoms with Crippen molar-refractivity contribution in [3.05, 3.63) is 12.3 Å². The minimum absolute atomic E-state index is 0.213. The molecule has 0 radical (unpaired) electrons. The van der Waals surface area contributed by atoms with E-state index >= 15 is 0 Å². The number of hydrogen-bond donors (Lipinski definition) is 2. The van der Waals surface area contributed by atoms with Gasteiger partial charge in [0, 0.05) is 0 Å². The summed E-state index contributed by atoms with van der Waals surface area (Å²) >= 11 is 0. The van der Waals surface area contributed by atoms with Crippen LogP contribution in [0, 0.1) is 5.31 Å². The van der Waals surface area contributed by atoms with Crippen LogP contribution in [0.2, 0.25) is 0 Å². The van der Waals surface area contributed by atoms with Crippen LogP contribution in [0.15, 0.2) is 12.3 Å². The molecule has 1 saturated heterocycles. The molecule has 2 rings (SSSR count). The van der Waals surface area contributed by atoms with Gasteiger partial charge in [0.25, 0.3) is 0 Å². The van der Waals surface area contributed by atoms with Crippen molar-refractivity contribution < 1.29 is 5.11 Å². The molecule has 0 unspecified atom stereocenters. The van der Waals surface area contributed by atoms with E-state index in [2.05, 4.69) is 5.10 Å². The van der Waals surface area contributed by atoms with E-state index in [0.717, 1.165) is 13.0 Å². The summed E-state index contributed by atoms with van der Waals surface area (Å²) in [6.45, 7) is 1.30. The van der Waals surface area contributed by atoms with E-state index in [9.17, 15) is 0 Å². The Morgan fingerprint density at radius 2 is 2.42 bits per heavy atom. The first-order valence-corrected chi connectivity index (χ1v) is 3.78. The second-order valence-corrected chi connectivity index (χ2v) is 2.84. The van der Waals surface area contributed by atoms with Crippen LogP contribution >= 0.6 is 0 Å². The van der Waals surface area contributed by atoms with E-state index in [-0.39, 0.29) is 6.10 Å². The SMILES string of the molecule is N=Bn1ccc(N2CC(O)C2)n1. The third kappa shape index (κ3) is 1.14. The molecule has 1 aromatic heterocycles. The third-order valence-corrected chi connectivity index (χ3v) is 1.91. The Balaban J connectivity index is 2.08. The molecule has 6 heteroatoms. The van der Waals surface area contributed by atoms with Crippen LogP contribution < -0.4 is 4.90 Å². The maximum absolute atomic E-state index is 9.02. The van der Waals surface area contributed by atoms with Gasteiger partial charge in [-0.15, -0.1) is 0 Å². The van der Waals surface area contributed by atoms with Crippen molar-refractivity contribution in [1.82, 2.24) is 9.69 Å². The zero-order chi connectivity index (χ0) is 8.55. The molecule has 0 spiro atoms. The molecule has 0 atom stereocenters. The molecular weight excluding hydrogens is 155 g/mol. The molecule has 62 valence electrons. The van der Waals surface area contributed by atoms with Crippen LogP contribution in [0.5, 0.6) is 0 Å². The first kappa shape index (κ1) is 7.48. The van der Waals surface area contributed by atoms with Gasteiger partial charge >= 0.3 is 69.5 Å². The summed E-state index contributed by atoms with van der Waals surface area (Å²) in [5.41, 5.74) is 0. The minimum atomic E-state index is -0.213. The maximum atomic E-state index is 9.02. The van der Waals surface area contributed by atoms with Crippen LogP contribution in [-0.2, 0) is 0 Å². The van der Waals surface area contributed by atoms with Crippen molar-refractivity contribution in [2.24, 2.45) is 0 Å². The number of aliphatic hydroxyl groups excluding tert-OH is 1. The van der Waals surface area contributed by atoms with Crippen LogP contribution in [0.25, 0.3) is 0 Å². The second-order valence-electron chi connectivity index (χ2n) is 2.84. The van der Waals surface area contributed by atoms with Gasteiger partial charge in [-0.3, -0.25) is 0 Å². The van der Waals surface area contributed by atoms with Gasteiger partial charge in [-0.05, 0) is 0 Å². The fraction of sp³-hybridized carbons (Fsp3) is 0.500. The van der Waals surface area contributed by atoms with Crippen LogP contribution in [0.3, 0.4) is 0 Å². The van der Waals surface area contributed by atoms with Gasteiger partial charge in [0.2, 0.25) is 0 Å². The Bertz CT molecular complexity index is 293. The first-order chi connectivity index (χ1) is 5.79. The normalized spacial score (nSPS) is 17.2. The molecule has 0 amide bonds. The average molecular weight is 164 g/mol. The van der Waals surface area contributed by atoms with E-state index in [1.165, 1.54) is 4.59 Å². The summed E-state index contributed by atoms with van der Waals surface area (Å²) in [6.07, 6.45) is 1.50. The summed E-state index contributed by atoms with van der Waals surface area (Å²) in [6, 6.07) is 1.83. The summed E-state index contributed by atoms with van der Waals surface area (Å²) in [7, 11) is 1.14. The van der Waals surface area contributed by atoms with Crippen molar-refractivity contribution in [1.29, 1.82) is 5.31 Å². The number of hydrogen-bond acceptors (Lipinski definition) is 4. The van der Waals surface area contributed by atoms with Gasteiger partial charge in [0.15, 0.2) is 0 Å². The van der Waals surface area contributed by atoms with Crippen LogP contribution in [-0.4, -0.2) is 41.2 Å². The molecule has 1 aliphatic heterocycles. The van der Waals surface area contributed by atoms with E-state index in [1.54, 1.807) is 6.20 Å². The van der Waals surface area contributed by atoms with E-state index < -0.39 is 0 Å². The van der Waals surface area contributed by atoms with Gasteiger partial charge in [-0.25, -0.2) is 0 Å². The molecule has 2 heterocycles. The predicted octanol–water partition coefficient (Wildman–Crippen LogP) is -0.706. The van der Waals surface area contributed by atoms with Gasteiger partial charge in [-0.2, -0.15) is 0 Å². The first-order valence-electron chi connectivity index (χ1n) is 3.78. The molecule has 5 nitrogen and oxygen atoms in total. The summed E-state index contributed by atoms with van der Waals surface area (Å²) < 4.78 is 1.43. The number of anilines is 1. The Morgan fingerprint density at radius 1 is 1.67 bits per heavy atom. The molecule has 0 bridgehead atoms. The number of rotatable bonds is 2. The van der Waals surface area contributed by atoms with Crippen molar-refractivity contribution in [2.75, 3.05) is 18.0 Å². The predicted molar refractivity (Wildman–Crippen MR) is 44.3 cm³/mol. The van der Waals surface area contributed by atoms with Crippen molar-refractivity contribution in [3.63, 3.8) is 0 Å². The van der Waals surface area contributed by atoms with E-state index in [0.29, 0.717) is 13.1 Å². The summed E-state index contributed by atoms with van der Waals surface area (Å²) in [4.78, 5) is 1.96. The van der Waals surface area contributed by atoms with E-state index in [4.69, 9.17) is 10.4 Å². The molecule has 0 aliphatic carbocycles. The van der Waals surface area contributed by atoms with Crippen molar-refractivity contribution in [3.8, 4) is 0 Å². The molecular formula is C6H9BN4O. The summed E-state index contributed by atoms with van der Waals surface area (Å²) in [5.74, 6) is 0.823. The Hall–Kier alpha value is -1.17. The van der Waals surface area contributed by atoms with Crippen molar-refractivity contribution >= 4 is 13.0 Å². The standard InChI is InChI=1S/C6H9BN4O/c8-7-11-2-1-6(9-11)10-3-5(12)4-10/h1-2,5,8,12H,3-4H2. The third-order valence-electron chi connectivity index (χ3n) is 1.91. The number of nitrogens with one attached hydrogen (secondary N) is 1. The number of nitrogens with zero attached hydrogens (tertiary/aromatic N) is 3. The second kappa shape index (κ2) is 2.71. The Labute approximate surface area is 70.4 Å². The number of β-amino-alcohol motifs (C(OH)–C–C–N with tert-alkyl or cyclic N) is 1. The quantitative estimate of drug-likeness (QED) is 0.567. The van der Waals surface area contributed by atoms with Gasteiger partial charge < -0.3 is 0 Å².